The second kappa shape index (κ2) is 60.6. The zero-order valence-electron chi connectivity index (χ0n) is 54.0. The van der Waals surface area contributed by atoms with Crippen LogP contribution in [0.5, 0.6) is 0 Å². The van der Waals surface area contributed by atoms with E-state index in [1.54, 1.807) is 0 Å². The molecule has 0 aliphatic heterocycles. The lowest BCUT2D eigenvalue weighted by Crippen LogP contribution is -2.47. The number of quaternary nitrogens is 1. The van der Waals surface area contributed by atoms with E-state index in [0.29, 0.717) is 17.4 Å². The van der Waals surface area contributed by atoms with Gasteiger partial charge in [-0.05, 0) is 102 Å². The second-order valence-corrected chi connectivity index (χ2v) is 25.8. The van der Waals surface area contributed by atoms with Crippen molar-refractivity contribution in [2.24, 2.45) is 0 Å². The number of nitrogens with one attached hydrogen (secondary N) is 1. The number of carbonyl (C=O) groups excluding carboxylic acids is 2. The number of esters is 1. The fourth-order valence-corrected chi connectivity index (χ4v) is 10.5. The zero-order valence-corrected chi connectivity index (χ0v) is 54.9. The molecule has 0 aromatic carbocycles. The number of likely N-dealkylation sites (N-methyl/N-ethyl adjacent to an activating group) is 1. The second-order valence-electron chi connectivity index (χ2n) is 24.3. The summed E-state index contributed by atoms with van der Waals surface area (Å²) in [6, 6.07) is -0.855. The van der Waals surface area contributed by atoms with Crippen LogP contribution < -0.4 is 5.32 Å². The molecule has 0 fully saturated rings. The molecule has 0 radical (unpaired) electrons. The Hall–Kier alpha value is -2.55. The molecule has 0 saturated heterocycles. The van der Waals surface area contributed by atoms with Crippen molar-refractivity contribution in [3.8, 4) is 0 Å². The maximum Gasteiger partial charge on any atom is 0.472 e. The summed E-state index contributed by atoms with van der Waals surface area (Å²) in [4.78, 5) is 37.8. The average molecular weight is 1160 g/mol. The Kier molecular flexibility index (Phi) is 58.7. The summed E-state index contributed by atoms with van der Waals surface area (Å²) in [6.07, 6.45) is 79.0. The van der Waals surface area contributed by atoms with Crippen LogP contribution in [0.3, 0.4) is 0 Å². The Labute approximate surface area is 502 Å². The number of rotatable bonds is 62. The van der Waals surface area contributed by atoms with Crippen LogP contribution in [0.2, 0.25) is 0 Å². The Balaban J connectivity index is 5.09. The molecule has 0 rings (SSSR count). The summed E-state index contributed by atoms with van der Waals surface area (Å²) in [6.45, 7) is 6.98. The average Bonchev–Trinajstić information content (AvgIpc) is 3.44. The molecule has 0 heterocycles. The molecule has 3 unspecified atom stereocenters. The maximum atomic E-state index is 13.6. The van der Waals surface area contributed by atoms with Gasteiger partial charge in [0, 0.05) is 12.8 Å². The van der Waals surface area contributed by atoms with Crippen molar-refractivity contribution in [2.45, 2.75) is 328 Å². The number of allylic oxidation sites excluding steroid dienone is 11. The lowest BCUT2D eigenvalue weighted by Gasteiger charge is -2.27. The number of nitrogens with zero attached hydrogens (tertiary/aromatic N) is 1. The van der Waals surface area contributed by atoms with Gasteiger partial charge in [-0.3, -0.25) is 18.6 Å². The molecular weight excluding hydrogens is 1020 g/mol. The third kappa shape index (κ3) is 61.8. The highest BCUT2D eigenvalue weighted by atomic mass is 31.2. The van der Waals surface area contributed by atoms with Gasteiger partial charge in [0.2, 0.25) is 5.91 Å². The normalized spacial score (nSPS) is 14.0. The summed E-state index contributed by atoms with van der Waals surface area (Å²) >= 11 is 0. The Bertz CT molecular complexity index is 1620. The minimum atomic E-state index is -4.46. The van der Waals surface area contributed by atoms with E-state index >= 15 is 0 Å². The Morgan fingerprint density at radius 2 is 0.753 bits per heavy atom. The highest BCUT2D eigenvalue weighted by Crippen LogP contribution is 2.43. The first kappa shape index (κ1) is 78.5. The van der Waals surface area contributed by atoms with Crippen molar-refractivity contribution in [3.63, 3.8) is 0 Å². The molecule has 2 N–H and O–H groups in total. The Morgan fingerprint density at radius 3 is 1.15 bits per heavy atom. The highest BCUT2D eigenvalue weighted by molar-refractivity contribution is 7.47. The quantitative estimate of drug-likeness (QED) is 0.0205. The molecule has 9 nitrogen and oxygen atoms in total. The van der Waals surface area contributed by atoms with Gasteiger partial charge >= 0.3 is 13.8 Å². The molecule has 472 valence electrons. The standard InChI is InChI=1S/C71H131N2O7P/c1-7-10-13-16-19-22-25-27-29-31-33-35-36-38-40-42-44-46-49-52-55-58-61-64-71(75)80-69(62-59-56-53-50-47-24-21-18-15-12-9-3)68(67-79-81(76,77)78-66-65-73(4,5)6)72-70(74)63-60-57-54-51-48-45-43-41-39-37-34-32-30-28-26-23-20-17-14-11-8-2/h19-20,22-23,27-30,34,37,59,62,68-69H,7-18,21,24-26,31-33,35-36,38-58,60-61,63-67H2,1-6H3,(H-,72,74,76,77)/p+1/b22-19-,23-20-,29-27-,30-28-,37-34-,62-59+. The fourth-order valence-electron chi connectivity index (χ4n) is 9.80. The van der Waals surface area contributed by atoms with Crippen LogP contribution in [0.4, 0.5) is 0 Å². The summed E-state index contributed by atoms with van der Waals surface area (Å²) < 4.78 is 30.8. The van der Waals surface area contributed by atoms with E-state index in [2.05, 4.69) is 86.8 Å². The number of unbranched alkanes of at least 4 members (excludes halogenated alkanes) is 36. The monoisotopic (exact) mass is 1160 g/mol. The van der Waals surface area contributed by atoms with Crippen molar-refractivity contribution in [1.82, 2.24) is 5.32 Å². The summed E-state index contributed by atoms with van der Waals surface area (Å²) in [5.74, 6) is -0.507. The maximum absolute atomic E-state index is 13.6. The van der Waals surface area contributed by atoms with Crippen molar-refractivity contribution >= 4 is 19.7 Å². The van der Waals surface area contributed by atoms with Gasteiger partial charge in [0.15, 0.2) is 0 Å². The minimum Gasteiger partial charge on any atom is -0.456 e. The van der Waals surface area contributed by atoms with Gasteiger partial charge in [0.1, 0.15) is 19.3 Å². The van der Waals surface area contributed by atoms with Gasteiger partial charge in [-0.1, -0.05) is 274 Å². The first-order chi connectivity index (χ1) is 39.4. The third-order valence-electron chi connectivity index (χ3n) is 15.1. The number of ether oxygens (including phenoxy) is 1. The third-order valence-corrected chi connectivity index (χ3v) is 16.1. The number of hydrogen-bond acceptors (Lipinski definition) is 6. The van der Waals surface area contributed by atoms with Crippen LogP contribution >= 0.6 is 7.82 Å². The van der Waals surface area contributed by atoms with Gasteiger partial charge in [0.25, 0.3) is 0 Å². The molecule has 81 heavy (non-hydrogen) atoms. The van der Waals surface area contributed by atoms with Crippen LogP contribution in [-0.4, -0.2) is 74.3 Å². The van der Waals surface area contributed by atoms with Crippen molar-refractivity contribution in [1.29, 1.82) is 0 Å². The van der Waals surface area contributed by atoms with Crippen LogP contribution in [0.25, 0.3) is 0 Å². The molecule has 10 heteroatoms. The van der Waals surface area contributed by atoms with E-state index in [-0.39, 0.29) is 31.5 Å². The van der Waals surface area contributed by atoms with E-state index in [1.807, 2.05) is 33.3 Å². The summed E-state index contributed by atoms with van der Waals surface area (Å²) in [5.41, 5.74) is 0. The summed E-state index contributed by atoms with van der Waals surface area (Å²) in [7, 11) is 1.49. The van der Waals surface area contributed by atoms with Gasteiger partial charge in [0.05, 0.1) is 33.8 Å². The predicted molar refractivity (Wildman–Crippen MR) is 351 cm³/mol. The summed E-state index contributed by atoms with van der Waals surface area (Å²) in [5, 5.41) is 3.06. The molecule has 0 aliphatic carbocycles. The molecule has 0 spiro atoms. The first-order valence-corrected chi connectivity index (χ1v) is 35.8. The molecule has 0 bridgehead atoms. The van der Waals surface area contributed by atoms with Gasteiger partial charge in [-0.15, -0.1) is 0 Å². The lowest BCUT2D eigenvalue weighted by molar-refractivity contribution is -0.870. The first-order valence-electron chi connectivity index (χ1n) is 34.3. The van der Waals surface area contributed by atoms with Crippen molar-refractivity contribution in [2.75, 3.05) is 40.9 Å². The van der Waals surface area contributed by atoms with Crippen LogP contribution in [0.15, 0.2) is 72.9 Å². The lowest BCUT2D eigenvalue weighted by atomic mass is 10.0. The number of hydrogen-bond donors (Lipinski definition) is 2. The highest BCUT2D eigenvalue weighted by Gasteiger charge is 2.30. The zero-order chi connectivity index (χ0) is 59.3. The van der Waals surface area contributed by atoms with E-state index in [1.165, 1.54) is 193 Å². The van der Waals surface area contributed by atoms with Crippen LogP contribution in [0, 0.1) is 0 Å². The SMILES string of the molecule is CCCCC/C=C\C/C=C\C/C=C\CCCCCCCCCCC(=O)NC(COP(=O)(O)OCC[N+](C)(C)C)C(/C=C/CCCCCCCCCCC)OC(=O)CCCCCCCCCCCCCCC/C=C\C/C=C\CCCCC. The number of phosphoric acid groups is 1. The predicted octanol–water partition coefficient (Wildman–Crippen LogP) is 21.6. The molecule has 0 aliphatic rings. The van der Waals surface area contributed by atoms with Crippen molar-refractivity contribution < 1.29 is 37.3 Å². The molecule has 0 aromatic rings. The molecule has 3 atom stereocenters. The number of carbonyl (C=O) groups is 2. The largest absolute Gasteiger partial charge is 0.472 e. The van der Waals surface area contributed by atoms with E-state index in [4.69, 9.17) is 13.8 Å². The van der Waals surface area contributed by atoms with Gasteiger partial charge < -0.3 is 19.4 Å². The van der Waals surface area contributed by atoms with Crippen LogP contribution in [0.1, 0.15) is 316 Å². The van der Waals surface area contributed by atoms with E-state index in [9.17, 15) is 19.0 Å². The van der Waals surface area contributed by atoms with Crippen LogP contribution in [-0.2, 0) is 27.9 Å². The Morgan fingerprint density at radius 1 is 0.432 bits per heavy atom. The van der Waals surface area contributed by atoms with E-state index in [0.717, 1.165) is 89.9 Å². The van der Waals surface area contributed by atoms with Gasteiger partial charge in [-0.25, -0.2) is 4.57 Å². The topological polar surface area (TPSA) is 111 Å². The number of amides is 1. The molecule has 0 aromatic heterocycles. The molecular formula is C71H132N2O7P+. The van der Waals surface area contributed by atoms with Crippen molar-refractivity contribution in [3.05, 3.63) is 72.9 Å². The minimum absolute atomic E-state index is 0.0371. The molecule has 1 amide bonds. The van der Waals surface area contributed by atoms with Gasteiger partial charge in [-0.2, -0.15) is 0 Å². The smallest absolute Gasteiger partial charge is 0.456 e. The number of phosphoric ester groups is 1. The molecule has 0 saturated carbocycles. The van der Waals surface area contributed by atoms with E-state index < -0.39 is 20.0 Å². The fraction of sp³-hybridized carbons (Fsp3) is 0.803.